The highest BCUT2D eigenvalue weighted by molar-refractivity contribution is 6.22. The number of carbonyl (C=O) groups excluding carboxylic acids is 1. The zero-order valence-corrected chi connectivity index (χ0v) is 10.2. The van der Waals surface area contributed by atoms with Crippen LogP contribution in [0.15, 0.2) is 27.6 Å². The fourth-order valence-electron chi connectivity index (χ4n) is 1.54. The Morgan fingerprint density at radius 2 is 2.06 bits per heavy atom. The maximum absolute atomic E-state index is 11.6. The number of alkyl halides is 1. The van der Waals surface area contributed by atoms with Gasteiger partial charge in [0.2, 0.25) is 0 Å². The highest BCUT2D eigenvalue weighted by Crippen LogP contribution is 2.28. The molecule has 0 spiro atoms. The number of ether oxygens (including phenoxy) is 1. The first-order valence-electron chi connectivity index (χ1n) is 4.93. The minimum Gasteiger partial charge on any atom is -0.462 e. The summed E-state index contributed by atoms with van der Waals surface area (Å²) in [6.45, 7) is 5.36. The van der Waals surface area contributed by atoms with Crippen LogP contribution in [0.1, 0.15) is 20.8 Å². The van der Waals surface area contributed by atoms with Gasteiger partial charge in [0, 0.05) is 0 Å². The Hall–Kier alpha value is -1.29. The number of aliphatic imine (C=N–C) groups is 1. The lowest BCUT2D eigenvalue weighted by Gasteiger charge is -2.03. The zero-order valence-electron chi connectivity index (χ0n) is 9.46. The molecule has 16 heavy (non-hydrogen) atoms. The van der Waals surface area contributed by atoms with E-state index < -0.39 is 5.97 Å². The minimum absolute atomic E-state index is 0.139. The van der Waals surface area contributed by atoms with Crippen molar-refractivity contribution in [3.8, 4) is 0 Å². The van der Waals surface area contributed by atoms with Crippen LogP contribution in [-0.4, -0.2) is 24.2 Å². The molecule has 0 saturated heterocycles. The van der Waals surface area contributed by atoms with Crippen LogP contribution in [0.5, 0.6) is 0 Å². The van der Waals surface area contributed by atoms with Gasteiger partial charge in [-0.3, -0.25) is 5.11 Å². The van der Waals surface area contributed by atoms with E-state index in [-0.39, 0.29) is 17.3 Å². The van der Waals surface area contributed by atoms with E-state index in [4.69, 9.17) is 16.3 Å². The number of hydrogen-bond donors (Lipinski definition) is 0. The van der Waals surface area contributed by atoms with Crippen molar-refractivity contribution >= 4 is 23.3 Å². The first-order valence-corrected chi connectivity index (χ1v) is 5.46. The Morgan fingerprint density at radius 1 is 1.44 bits per heavy atom. The molecule has 0 saturated carbocycles. The van der Waals surface area contributed by atoms with Crippen LogP contribution in [0, 0.1) is 0 Å². The summed E-state index contributed by atoms with van der Waals surface area (Å²) in [4.78, 5) is 15.7. The van der Waals surface area contributed by atoms with Gasteiger partial charge in [-0.05, 0) is 26.3 Å². The van der Waals surface area contributed by atoms with Gasteiger partial charge in [-0.1, -0.05) is 0 Å². The largest absolute Gasteiger partial charge is 0.462 e. The summed E-state index contributed by atoms with van der Waals surface area (Å²) in [5.41, 5.74) is 1.68. The van der Waals surface area contributed by atoms with Crippen molar-refractivity contribution in [1.82, 2.24) is 0 Å². The van der Waals surface area contributed by atoms with Gasteiger partial charge in [0.1, 0.15) is 5.70 Å². The second-order valence-electron chi connectivity index (χ2n) is 3.32. The molecule has 0 aromatic carbocycles. The maximum Gasteiger partial charge on any atom is 0.340 e. The number of allylic oxidation sites excluding steroid dienone is 2. The quantitative estimate of drug-likeness (QED) is 0.433. The first kappa shape index (κ1) is 12.8. The molecule has 0 N–H and O–H groups in total. The smallest absolute Gasteiger partial charge is 0.340 e. The second kappa shape index (κ2) is 5.16. The summed E-state index contributed by atoms with van der Waals surface area (Å²) in [7, 11) is 0. The van der Waals surface area contributed by atoms with Crippen molar-refractivity contribution in [3.63, 3.8) is 0 Å². The lowest BCUT2D eigenvalue weighted by Crippen LogP contribution is -2.12. The molecule has 87 valence electrons. The standard InChI is InChI=1S/C11H13ClNO3/c1-4-16-11(15)9-6(2)10(8(14)5-12)13-7(9)3/h4-5H2,1-3H3. The summed E-state index contributed by atoms with van der Waals surface area (Å²) >= 11 is 5.46. The van der Waals surface area contributed by atoms with Crippen molar-refractivity contribution in [3.05, 3.63) is 22.6 Å². The highest BCUT2D eigenvalue weighted by Gasteiger charge is 2.27. The number of hydrogen-bond acceptors (Lipinski definition) is 3. The fraction of sp³-hybridized carbons (Fsp3) is 0.455. The summed E-state index contributed by atoms with van der Waals surface area (Å²) in [5, 5.41) is 11.4. The molecule has 1 rings (SSSR count). The zero-order chi connectivity index (χ0) is 12.3. The molecule has 1 radical (unpaired) electrons. The monoisotopic (exact) mass is 242 g/mol. The molecule has 0 fully saturated rings. The number of esters is 1. The molecule has 1 heterocycles. The SMILES string of the molecule is CCOC(=O)C1=C(C)C(=C([O])CCl)N=C1C. The van der Waals surface area contributed by atoms with Crippen LogP contribution in [0.2, 0.25) is 0 Å². The molecule has 0 aromatic heterocycles. The van der Waals surface area contributed by atoms with Crippen LogP contribution < -0.4 is 0 Å². The third kappa shape index (κ3) is 2.27. The van der Waals surface area contributed by atoms with E-state index in [1.54, 1.807) is 20.8 Å². The van der Waals surface area contributed by atoms with Gasteiger partial charge in [-0.25, -0.2) is 9.79 Å². The summed E-state index contributed by atoms with van der Waals surface area (Å²) in [5.74, 6) is -0.865. The highest BCUT2D eigenvalue weighted by atomic mass is 35.5. The van der Waals surface area contributed by atoms with E-state index in [1.807, 2.05) is 0 Å². The van der Waals surface area contributed by atoms with Gasteiger partial charge in [-0.15, -0.1) is 11.6 Å². The molecule has 0 amide bonds. The van der Waals surface area contributed by atoms with Crippen molar-refractivity contribution in [2.75, 3.05) is 12.5 Å². The molecule has 1 aliphatic rings. The van der Waals surface area contributed by atoms with Crippen LogP contribution in [0.4, 0.5) is 0 Å². The van der Waals surface area contributed by atoms with E-state index in [0.717, 1.165) is 0 Å². The Labute approximate surface area is 99.3 Å². The molecule has 0 atom stereocenters. The topological polar surface area (TPSA) is 58.6 Å². The Morgan fingerprint density at radius 3 is 2.56 bits per heavy atom. The van der Waals surface area contributed by atoms with Crippen molar-refractivity contribution in [2.45, 2.75) is 20.8 Å². The van der Waals surface area contributed by atoms with Crippen LogP contribution >= 0.6 is 11.6 Å². The van der Waals surface area contributed by atoms with Crippen LogP contribution in [0.25, 0.3) is 0 Å². The van der Waals surface area contributed by atoms with Crippen molar-refractivity contribution in [1.29, 1.82) is 0 Å². The molecule has 0 aliphatic carbocycles. The predicted octanol–water partition coefficient (Wildman–Crippen LogP) is 2.22. The average molecular weight is 243 g/mol. The van der Waals surface area contributed by atoms with Gasteiger partial charge >= 0.3 is 5.97 Å². The Bertz CT molecular complexity index is 407. The van der Waals surface area contributed by atoms with E-state index in [9.17, 15) is 9.90 Å². The molecule has 1 aliphatic heterocycles. The van der Waals surface area contributed by atoms with Crippen molar-refractivity contribution < 1.29 is 14.6 Å². The fourth-order valence-corrected chi connectivity index (χ4v) is 1.66. The van der Waals surface area contributed by atoms with Gasteiger partial charge < -0.3 is 4.74 Å². The maximum atomic E-state index is 11.6. The third-order valence-corrected chi connectivity index (χ3v) is 2.48. The van der Waals surface area contributed by atoms with Gasteiger partial charge in [0.05, 0.1) is 23.8 Å². The van der Waals surface area contributed by atoms with Gasteiger partial charge in [0.25, 0.3) is 0 Å². The lowest BCUT2D eigenvalue weighted by atomic mass is 10.1. The Balaban J connectivity index is 3.16. The van der Waals surface area contributed by atoms with Gasteiger partial charge in [0.15, 0.2) is 5.76 Å². The predicted molar refractivity (Wildman–Crippen MR) is 60.9 cm³/mol. The molecule has 5 heteroatoms. The summed E-state index contributed by atoms with van der Waals surface area (Å²) in [6, 6.07) is 0. The lowest BCUT2D eigenvalue weighted by molar-refractivity contribution is -0.137. The molecule has 0 bridgehead atoms. The number of halogens is 1. The average Bonchev–Trinajstić information content (AvgIpc) is 2.53. The van der Waals surface area contributed by atoms with E-state index in [1.165, 1.54) is 0 Å². The molecular formula is C11H13ClNO3. The molecular weight excluding hydrogens is 230 g/mol. The normalized spacial score (nSPS) is 18.6. The number of nitrogens with zero attached hydrogens (tertiary/aromatic N) is 1. The summed E-state index contributed by atoms with van der Waals surface area (Å²) in [6.07, 6.45) is 0. The minimum atomic E-state index is -0.446. The molecule has 0 unspecified atom stereocenters. The van der Waals surface area contributed by atoms with Crippen LogP contribution in [-0.2, 0) is 14.6 Å². The molecule has 4 nitrogen and oxygen atoms in total. The van der Waals surface area contributed by atoms with Crippen molar-refractivity contribution in [2.24, 2.45) is 4.99 Å². The Kier molecular flexibility index (Phi) is 4.12. The number of rotatable bonds is 3. The van der Waals surface area contributed by atoms with E-state index >= 15 is 0 Å². The van der Waals surface area contributed by atoms with Crippen LogP contribution in [0.3, 0.4) is 0 Å². The third-order valence-electron chi connectivity index (χ3n) is 2.24. The number of carbonyl (C=O) groups is 1. The van der Waals surface area contributed by atoms with E-state index in [0.29, 0.717) is 23.5 Å². The summed E-state index contributed by atoms with van der Waals surface area (Å²) < 4.78 is 4.89. The van der Waals surface area contributed by atoms with E-state index in [2.05, 4.69) is 4.99 Å². The second-order valence-corrected chi connectivity index (χ2v) is 3.59. The van der Waals surface area contributed by atoms with Gasteiger partial charge in [-0.2, -0.15) is 0 Å². The molecule has 0 aromatic rings. The first-order chi connectivity index (χ1) is 7.52.